The summed E-state index contributed by atoms with van der Waals surface area (Å²) in [5.41, 5.74) is 0.966. The number of halogens is 1. The van der Waals surface area contributed by atoms with Crippen LogP contribution in [0, 0.1) is 0 Å². The molecule has 2 rings (SSSR count). The van der Waals surface area contributed by atoms with Gasteiger partial charge < -0.3 is 9.64 Å². The van der Waals surface area contributed by atoms with E-state index < -0.39 is 11.4 Å². The summed E-state index contributed by atoms with van der Waals surface area (Å²) < 4.78 is 4.94. The third kappa shape index (κ3) is 3.26. The zero-order valence-corrected chi connectivity index (χ0v) is 11.5. The Labute approximate surface area is 117 Å². The Balaban J connectivity index is 2.19. The molecule has 1 aliphatic rings. The summed E-state index contributed by atoms with van der Waals surface area (Å²) in [7, 11) is 0. The number of benzene rings is 1. The van der Waals surface area contributed by atoms with E-state index in [1.807, 2.05) is 30.3 Å². The molecule has 2 atom stereocenters. The van der Waals surface area contributed by atoms with Crippen LogP contribution in [0.4, 0.5) is 0 Å². The number of nitrogens with zero attached hydrogens (tertiary/aromatic N) is 1. The molecule has 1 fully saturated rings. The molecule has 5 heteroatoms. The molecule has 0 aliphatic carbocycles. The number of alkyl halides is 1. The molecule has 4 nitrogen and oxygen atoms in total. The van der Waals surface area contributed by atoms with Crippen molar-refractivity contribution in [2.45, 2.75) is 31.3 Å². The fourth-order valence-electron chi connectivity index (χ4n) is 2.12. The Morgan fingerprint density at radius 1 is 1.47 bits per heavy atom. The first-order chi connectivity index (χ1) is 9.09. The number of carbonyl (C=O) groups excluding carboxylic acids is 2. The summed E-state index contributed by atoms with van der Waals surface area (Å²) in [6, 6.07) is 9.01. The van der Waals surface area contributed by atoms with Gasteiger partial charge in [0, 0.05) is 13.0 Å². The minimum absolute atomic E-state index is 0.241. The smallest absolute Gasteiger partial charge is 0.329 e. The standard InChI is InChI=1S/C14H16ClNO3/c1-10(15)13(17)16(12-7-8-19-14(12)18)9-11-5-3-2-4-6-11/h2-6,10,12H,7-9H2,1H3/t10-,12+/m1/s1. The van der Waals surface area contributed by atoms with Crippen LogP contribution in [0.3, 0.4) is 0 Å². The van der Waals surface area contributed by atoms with Crippen molar-refractivity contribution in [3.63, 3.8) is 0 Å². The van der Waals surface area contributed by atoms with Crippen molar-refractivity contribution in [2.75, 3.05) is 6.61 Å². The highest BCUT2D eigenvalue weighted by Gasteiger charge is 2.36. The SMILES string of the molecule is C[C@@H](Cl)C(=O)N(Cc1ccccc1)[C@H]1CCOC1=O. The first-order valence-electron chi connectivity index (χ1n) is 6.24. The van der Waals surface area contributed by atoms with Gasteiger partial charge in [-0.3, -0.25) is 4.79 Å². The first-order valence-corrected chi connectivity index (χ1v) is 6.68. The Morgan fingerprint density at radius 2 is 2.16 bits per heavy atom. The number of cyclic esters (lactones) is 1. The molecule has 0 unspecified atom stereocenters. The summed E-state index contributed by atoms with van der Waals surface area (Å²) in [6.07, 6.45) is 0.529. The average molecular weight is 282 g/mol. The van der Waals surface area contributed by atoms with Crippen molar-refractivity contribution < 1.29 is 14.3 Å². The second-order valence-corrected chi connectivity index (χ2v) is 5.19. The zero-order valence-electron chi connectivity index (χ0n) is 10.7. The van der Waals surface area contributed by atoms with E-state index in [4.69, 9.17) is 16.3 Å². The predicted molar refractivity (Wildman–Crippen MR) is 71.7 cm³/mol. The van der Waals surface area contributed by atoms with Crippen LogP contribution in [0.1, 0.15) is 18.9 Å². The largest absolute Gasteiger partial charge is 0.464 e. The van der Waals surface area contributed by atoms with Crippen molar-refractivity contribution in [3.8, 4) is 0 Å². The molecule has 1 amide bonds. The maximum atomic E-state index is 12.2. The predicted octanol–water partition coefficient (Wildman–Crippen LogP) is 1.96. The van der Waals surface area contributed by atoms with Gasteiger partial charge >= 0.3 is 5.97 Å². The zero-order chi connectivity index (χ0) is 13.8. The normalized spacial score (nSPS) is 19.9. The lowest BCUT2D eigenvalue weighted by Crippen LogP contribution is -2.45. The van der Waals surface area contributed by atoms with Gasteiger partial charge in [0.25, 0.3) is 0 Å². The number of rotatable bonds is 4. The van der Waals surface area contributed by atoms with Crippen LogP contribution >= 0.6 is 11.6 Å². The van der Waals surface area contributed by atoms with Crippen LogP contribution < -0.4 is 0 Å². The Bertz CT molecular complexity index is 461. The van der Waals surface area contributed by atoms with E-state index in [1.165, 1.54) is 4.90 Å². The molecule has 0 bridgehead atoms. The van der Waals surface area contributed by atoms with E-state index in [0.29, 0.717) is 19.6 Å². The molecule has 0 saturated carbocycles. The van der Waals surface area contributed by atoms with E-state index >= 15 is 0 Å². The van der Waals surface area contributed by atoms with Gasteiger partial charge in [-0.25, -0.2) is 4.79 Å². The van der Waals surface area contributed by atoms with E-state index in [0.717, 1.165) is 5.56 Å². The van der Waals surface area contributed by atoms with E-state index in [-0.39, 0.29) is 11.9 Å². The van der Waals surface area contributed by atoms with Crippen LogP contribution in [0.2, 0.25) is 0 Å². The quantitative estimate of drug-likeness (QED) is 0.626. The molecule has 1 aromatic carbocycles. The molecule has 0 N–H and O–H groups in total. The van der Waals surface area contributed by atoms with Crippen molar-refractivity contribution in [3.05, 3.63) is 35.9 Å². The Kier molecular flexibility index (Phi) is 4.43. The molecule has 0 spiro atoms. The van der Waals surface area contributed by atoms with Crippen LogP contribution in [-0.4, -0.2) is 34.8 Å². The van der Waals surface area contributed by atoms with Gasteiger partial charge in [-0.1, -0.05) is 30.3 Å². The Hall–Kier alpha value is -1.55. The molecule has 102 valence electrons. The number of esters is 1. The van der Waals surface area contributed by atoms with Crippen LogP contribution in [0.5, 0.6) is 0 Å². The highest BCUT2D eigenvalue weighted by atomic mass is 35.5. The average Bonchev–Trinajstić information content (AvgIpc) is 2.82. The van der Waals surface area contributed by atoms with E-state index in [2.05, 4.69) is 0 Å². The van der Waals surface area contributed by atoms with Gasteiger partial charge in [0.15, 0.2) is 0 Å². The third-order valence-electron chi connectivity index (χ3n) is 3.10. The summed E-state index contributed by atoms with van der Waals surface area (Å²) in [6.45, 7) is 2.34. The molecule has 1 saturated heterocycles. The fourth-order valence-corrected chi connectivity index (χ4v) is 2.24. The summed E-state index contributed by atoms with van der Waals surface area (Å²) in [5.74, 6) is -0.587. The van der Waals surface area contributed by atoms with Gasteiger partial charge in [-0.05, 0) is 12.5 Å². The molecule has 1 heterocycles. The summed E-state index contributed by atoms with van der Waals surface area (Å²) >= 11 is 5.87. The fraction of sp³-hybridized carbons (Fsp3) is 0.429. The maximum absolute atomic E-state index is 12.2. The van der Waals surface area contributed by atoms with Crippen molar-refractivity contribution in [1.82, 2.24) is 4.90 Å². The summed E-state index contributed by atoms with van der Waals surface area (Å²) in [5, 5.41) is -0.655. The summed E-state index contributed by atoms with van der Waals surface area (Å²) in [4.78, 5) is 25.4. The molecule has 19 heavy (non-hydrogen) atoms. The lowest BCUT2D eigenvalue weighted by atomic mass is 10.1. The number of ether oxygens (including phenoxy) is 1. The molecule has 1 aliphatic heterocycles. The second-order valence-electron chi connectivity index (χ2n) is 4.54. The number of amides is 1. The van der Waals surface area contributed by atoms with Crippen LogP contribution in [0.15, 0.2) is 30.3 Å². The van der Waals surface area contributed by atoms with Crippen molar-refractivity contribution in [1.29, 1.82) is 0 Å². The minimum atomic E-state index is -0.655. The van der Waals surface area contributed by atoms with Gasteiger partial charge in [0.05, 0.1) is 6.61 Å². The number of hydrogen-bond acceptors (Lipinski definition) is 3. The topological polar surface area (TPSA) is 46.6 Å². The monoisotopic (exact) mass is 281 g/mol. The lowest BCUT2D eigenvalue weighted by Gasteiger charge is -2.27. The van der Waals surface area contributed by atoms with Crippen LogP contribution in [0.25, 0.3) is 0 Å². The van der Waals surface area contributed by atoms with Gasteiger partial charge in [0.1, 0.15) is 11.4 Å². The van der Waals surface area contributed by atoms with E-state index in [1.54, 1.807) is 6.92 Å². The molecular formula is C14H16ClNO3. The van der Waals surface area contributed by atoms with Crippen LogP contribution in [-0.2, 0) is 20.9 Å². The third-order valence-corrected chi connectivity index (χ3v) is 3.29. The molecule has 1 aromatic rings. The lowest BCUT2D eigenvalue weighted by molar-refractivity contribution is -0.148. The van der Waals surface area contributed by atoms with E-state index in [9.17, 15) is 9.59 Å². The molecule has 0 aromatic heterocycles. The maximum Gasteiger partial charge on any atom is 0.329 e. The van der Waals surface area contributed by atoms with Gasteiger partial charge in [-0.15, -0.1) is 11.6 Å². The second kappa shape index (κ2) is 6.06. The van der Waals surface area contributed by atoms with Crippen molar-refractivity contribution >= 4 is 23.5 Å². The number of hydrogen-bond donors (Lipinski definition) is 0. The highest BCUT2D eigenvalue weighted by molar-refractivity contribution is 6.30. The Morgan fingerprint density at radius 3 is 2.68 bits per heavy atom. The molecular weight excluding hydrogens is 266 g/mol. The van der Waals surface area contributed by atoms with Gasteiger partial charge in [0.2, 0.25) is 5.91 Å². The van der Waals surface area contributed by atoms with Gasteiger partial charge in [-0.2, -0.15) is 0 Å². The first kappa shape index (κ1) is 13.9. The highest BCUT2D eigenvalue weighted by Crippen LogP contribution is 2.19. The molecule has 0 radical (unpaired) electrons. The minimum Gasteiger partial charge on any atom is -0.464 e. The van der Waals surface area contributed by atoms with Crippen molar-refractivity contribution in [2.24, 2.45) is 0 Å². The number of carbonyl (C=O) groups is 2.